The van der Waals surface area contributed by atoms with Crippen LogP contribution in [0.3, 0.4) is 0 Å². The van der Waals surface area contributed by atoms with Crippen LogP contribution in [0.5, 0.6) is 0 Å². The predicted octanol–water partition coefficient (Wildman–Crippen LogP) is 3.51. The number of carbonyl (C=O) groups excluding carboxylic acids is 2. The van der Waals surface area contributed by atoms with Gasteiger partial charge in [-0.25, -0.2) is 14.6 Å². The first kappa shape index (κ1) is 22.9. The zero-order valence-electron chi connectivity index (χ0n) is 18.4. The van der Waals surface area contributed by atoms with Gasteiger partial charge in [-0.2, -0.15) is 0 Å². The molecule has 1 aliphatic rings. The van der Waals surface area contributed by atoms with Crippen LogP contribution in [-0.2, 0) is 15.9 Å². The van der Waals surface area contributed by atoms with Crippen molar-refractivity contribution in [3.05, 3.63) is 23.4 Å². The Bertz CT molecular complexity index is 752. The molecule has 1 aromatic heterocycles. The Kier molecular flexibility index (Phi) is 6.78. The van der Waals surface area contributed by atoms with E-state index in [-0.39, 0.29) is 12.5 Å². The summed E-state index contributed by atoms with van der Waals surface area (Å²) < 4.78 is 10.7. The minimum atomic E-state index is -0.660. The first-order valence-electron chi connectivity index (χ1n) is 9.85. The number of likely N-dealkylation sites (tertiary alicyclic amines) is 1. The Balaban J connectivity index is 2.03. The van der Waals surface area contributed by atoms with Gasteiger partial charge in [0.05, 0.1) is 12.6 Å². The molecule has 0 aliphatic carbocycles. The summed E-state index contributed by atoms with van der Waals surface area (Å²) in [6.07, 6.45) is -1.18. The minimum absolute atomic E-state index is 0.161. The standard InChI is InChI=1S/C21H33N3O5/c1-13-8-15(22-17(9-13)23-18(26)28-20(2,3)4)10-14-11-24(12-16(14)25)19(27)29-21(5,6)7/h8-9,14,16,25H,10-12H2,1-7H3,(H,22,23,26)/t14-,16-/m0/s1. The van der Waals surface area contributed by atoms with E-state index in [1.807, 2.05) is 33.8 Å². The molecular weight excluding hydrogens is 374 g/mol. The Morgan fingerprint density at radius 3 is 2.34 bits per heavy atom. The Hall–Kier alpha value is -2.35. The van der Waals surface area contributed by atoms with Gasteiger partial charge in [-0.3, -0.25) is 5.32 Å². The lowest BCUT2D eigenvalue weighted by Crippen LogP contribution is -2.35. The number of amides is 2. The highest BCUT2D eigenvalue weighted by atomic mass is 16.6. The van der Waals surface area contributed by atoms with Crippen molar-refractivity contribution in [2.45, 2.75) is 72.2 Å². The SMILES string of the molecule is Cc1cc(C[C@H]2CN(C(=O)OC(C)(C)C)C[C@@H]2O)nc(NC(=O)OC(C)(C)C)c1. The molecule has 0 bridgehead atoms. The highest BCUT2D eigenvalue weighted by Gasteiger charge is 2.36. The second-order valence-corrected chi connectivity index (χ2v) is 9.56. The molecule has 2 amide bonds. The summed E-state index contributed by atoms with van der Waals surface area (Å²) in [5.41, 5.74) is 0.472. The molecule has 2 N–H and O–H groups in total. The molecule has 162 valence electrons. The third kappa shape index (κ3) is 7.53. The molecule has 1 saturated heterocycles. The van der Waals surface area contributed by atoms with Gasteiger partial charge < -0.3 is 19.5 Å². The molecule has 8 nitrogen and oxygen atoms in total. The maximum absolute atomic E-state index is 12.3. The molecule has 0 aromatic carbocycles. The van der Waals surface area contributed by atoms with Gasteiger partial charge in [-0.15, -0.1) is 0 Å². The zero-order valence-corrected chi connectivity index (χ0v) is 18.4. The van der Waals surface area contributed by atoms with Crippen LogP contribution in [0.25, 0.3) is 0 Å². The molecule has 8 heteroatoms. The monoisotopic (exact) mass is 407 g/mol. The van der Waals surface area contributed by atoms with Crippen molar-refractivity contribution in [3.8, 4) is 0 Å². The number of aliphatic hydroxyl groups excluding tert-OH is 1. The van der Waals surface area contributed by atoms with E-state index >= 15 is 0 Å². The summed E-state index contributed by atoms with van der Waals surface area (Å²) in [5.74, 6) is 0.233. The molecule has 0 radical (unpaired) electrons. The van der Waals surface area contributed by atoms with Gasteiger partial charge in [0.15, 0.2) is 0 Å². The normalized spacial score (nSPS) is 19.8. The number of aliphatic hydroxyl groups is 1. The van der Waals surface area contributed by atoms with Crippen LogP contribution >= 0.6 is 0 Å². The molecule has 2 heterocycles. The van der Waals surface area contributed by atoms with Crippen LogP contribution in [0.15, 0.2) is 12.1 Å². The third-order valence-electron chi connectivity index (χ3n) is 4.18. The zero-order chi connectivity index (χ0) is 22.0. The Labute approximate surface area is 172 Å². The highest BCUT2D eigenvalue weighted by Crippen LogP contribution is 2.24. The molecular formula is C21H33N3O5. The average molecular weight is 408 g/mol. The molecule has 0 spiro atoms. The van der Waals surface area contributed by atoms with E-state index in [2.05, 4.69) is 10.3 Å². The summed E-state index contributed by atoms with van der Waals surface area (Å²) in [4.78, 5) is 30.3. The minimum Gasteiger partial charge on any atom is -0.444 e. The van der Waals surface area contributed by atoms with E-state index < -0.39 is 29.5 Å². The average Bonchev–Trinajstić information content (AvgIpc) is 2.84. The topological polar surface area (TPSA) is 101 Å². The number of carbonyl (C=O) groups is 2. The summed E-state index contributed by atoms with van der Waals surface area (Å²) in [6.45, 7) is 13.3. The number of hydrogen-bond donors (Lipinski definition) is 2. The lowest BCUT2D eigenvalue weighted by Gasteiger charge is -2.24. The fraction of sp³-hybridized carbons (Fsp3) is 0.667. The largest absolute Gasteiger partial charge is 0.444 e. The van der Waals surface area contributed by atoms with E-state index in [1.54, 1.807) is 26.8 Å². The highest BCUT2D eigenvalue weighted by molar-refractivity contribution is 5.83. The van der Waals surface area contributed by atoms with E-state index in [1.165, 1.54) is 4.90 Å². The fourth-order valence-corrected chi connectivity index (χ4v) is 3.12. The van der Waals surface area contributed by atoms with E-state index in [9.17, 15) is 14.7 Å². The number of hydrogen-bond acceptors (Lipinski definition) is 6. The van der Waals surface area contributed by atoms with Gasteiger partial charge in [0.1, 0.15) is 17.0 Å². The second kappa shape index (κ2) is 8.57. The molecule has 2 rings (SSSR count). The van der Waals surface area contributed by atoms with Crippen molar-refractivity contribution in [1.29, 1.82) is 0 Å². The first-order valence-corrected chi connectivity index (χ1v) is 9.85. The van der Waals surface area contributed by atoms with E-state index in [0.717, 1.165) is 11.3 Å². The lowest BCUT2D eigenvalue weighted by molar-refractivity contribution is 0.0269. The van der Waals surface area contributed by atoms with Crippen LogP contribution < -0.4 is 5.32 Å². The molecule has 29 heavy (non-hydrogen) atoms. The molecule has 1 aromatic rings. The number of pyridine rings is 1. The maximum atomic E-state index is 12.3. The van der Waals surface area contributed by atoms with Crippen LogP contribution in [0.1, 0.15) is 52.8 Å². The van der Waals surface area contributed by atoms with Crippen LogP contribution in [0.4, 0.5) is 15.4 Å². The molecule has 1 fully saturated rings. The number of aromatic nitrogens is 1. The fourth-order valence-electron chi connectivity index (χ4n) is 3.12. The van der Waals surface area contributed by atoms with Crippen molar-refractivity contribution in [3.63, 3.8) is 0 Å². The molecule has 2 atom stereocenters. The Morgan fingerprint density at radius 2 is 1.76 bits per heavy atom. The summed E-state index contributed by atoms with van der Waals surface area (Å²) in [5, 5.41) is 13.1. The second-order valence-electron chi connectivity index (χ2n) is 9.56. The van der Waals surface area contributed by atoms with Gasteiger partial charge in [-0.1, -0.05) is 0 Å². The maximum Gasteiger partial charge on any atom is 0.413 e. The van der Waals surface area contributed by atoms with Crippen LogP contribution in [0, 0.1) is 12.8 Å². The van der Waals surface area contributed by atoms with Gasteiger partial charge in [-0.05, 0) is 72.6 Å². The summed E-state index contributed by atoms with van der Waals surface area (Å²) in [6, 6.07) is 3.66. The molecule has 0 saturated carbocycles. The van der Waals surface area contributed by atoms with Crippen LogP contribution in [-0.4, -0.2) is 57.6 Å². The van der Waals surface area contributed by atoms with Crippen molar-refractivity contribution in [2.24, 2.45) is 5.92 Å². The number of anilines is 1. The number of nitrogens with one attached hydrogen (secondary N) is 1. The van der Waals surface area contributed by atoms with Gasteiger partial charge in [0.25, 0.3) is 0 Å². The van der Waals surface area contributed by atoms with Crippen molar-refractivity contribution in [1.82, 2.24) is 9.88 Å². The van der Waals surface area contributed by atoms with Crippen molar-refractivity contribution >= 4 is 18.0 Å². The van der Waals surface area contributed by atoms with Crippen molar-refractivity contribution < 1.29 is 24.2 Å². The lowest BCUT2D eigenvalue weighted by atomic mass is 9.99. The smallest absolute Gasteiger partial charge is 0.413 e. The first-order chi connectivity index (χ1) is 13.2. The van der Waals surface area contributed by atoms with Gasteiger partial charge in [0.2, 0.25) is 0 Å². The van der Waals surface area contributed by atoms with Crippen molar-refractivity contribution in [2.75, 3.05) is 18.4 Å². The van der Waals surface area contributed by atoms with Gasteiger partial charge in [0, 0.05) is 18.2 Å². The van der Waals surface area contributed by atoms with E-state index in [4.69, 9.17) is 9.47 Å². The van der Waals surface area contributed by atoms with Gasteiger partial charge >= 0.3 is 12.2 Å². The third-order valence-corrected chi connectivity index (χ3v) is 4.18. The Morgan fingerprint density at radius 1 is 1.14 bits per heavy atom. The quantitative estimate of drug-likeness (QED) is 0.795. The number of rotatable bonds is 3. The molecule has 1 aliphatic heterocycles. The summed E-state index contributed by atoms with van der Waals surface area (Å²) >= 11 is 0. The number of aryl methyl sites for hydroxylation is 1. The molecule has 0 unspecified atom stereocenters. The summed E-state index contributed by atoms with van der Waals surface area (Å²) in [7, 11) is 0. The number of ether oxygens (including phenoxy) is 2. The number of β-amino-alcohol motifs (C(OH)–C–C–N with tert-alkyl or cyclic N) is 1. The predicted molar refractivity (Wildman–Crippen MR) is 110 cm³/mol. The van der Waals surface area contributed by atoms with Crippen LogP contribution in [0.2, 0.25) is 0 Å². The van der Waals surface area contributed by atoms with E-state index in [0.29, 0.717) is 18.8 Å². The number of nitrogens with zero attached hydrogens (tertiary/aromatic N) is 2.